The Kier molecular flexibility index (Phi) is 35.2. The number of carbonyl (C=O) groups excluding carboxylic acids is 2. The number of phosphoric ester groups is 1. The maximum Gasteiger partial charge on any atom is 0.472 e. The van der Waals surface area contributed by atoms with Gasteiger partial charge in [0.05, 0.1) is 12.7 Å². The van der Waals surface area contributed by atoms with Crippen LogP contribution < -0.4 is 0 Å². The fourth-order valence-corrected chi connectivity index (χ4v) is 7.49. The molecule has 4 unspecified atom stereocenters. The first-order valence-electron chi connectivity index (χ1n) is 23.5. The van der Waals surface area contributed by atoms with Crippen molar-refractivity contribution in [3.8, 4) is 0 Å². The molecule has 7 N–H and O–H groups in total. The molecule has 0 amide bonds. The molecule has 64 heavy (non-hydrogen) atoms. The molecule has 1 aliphatic carbocycles. The van der Waals surface area contributed by atoms with Gasteiger partial charge in [0.25, 0.3) is 0 Å². The van der Waals surface area contributed by atoms with Crippen LogP contribution in [0.5, 0.6) is 0 Å². The van der Waals surface area contributed by atoms with Gasteiger partial charge in [-0.25, -0.2) is 4.57 Å². The van der Waals surface area contributed by atoms with Crippen molar-refractivity contribution in [3.05, 3.63) is 85.1 Å². The van der Waals surface area contributed by atoms with Crippen molar-refractivity contribution in [2.45, 2.75) is 198 Å². The monoisotopic (exact) mass is 925 g/mol. The number of rotatable bonds is 37. The Morgan fingerprint density at radius 2 is 1.08 bits per heavy atom. The number of aliphatic hydroxyl groups is 6. The van der Waals surface area contributed by atoms with Crippen LogP contribution in [0.3, 0.4) is 0 Å². The first-order chi connectivity index (χ1) is 30.8. The van der Waals surface area contributed by atoms with E-state index >= 15 is 0 Å². The Bertz CT molecular complexity index is 1460. The van der Waals surface area contributed by atoms with E-state index in [0.29, 0.717) is 6.42 Å². The predicted octanol–water partition coefficient (Wildman–Crippen LogP) is 8.25. The van der Waals surface area contributed by atoms with Gasteiger partial charge < -0.3 is 45.0 Å². The lowest BCUT2D eigenvalue weighted by atomic mass is 9.85. The fourth-order valence-electron chi connectivity index (χ4n) is 6.52. The topological polar surface area (TPSA) is 230 Å². The molecule has 0 spiro atoms. The number of unbranched alkanes of at least 4 members (excludes halogenated alkanes) is 10. The standard InChI is InChI=1S/C49H81O14P/c1-3-5-7-9-11-13-15-17-18-19-20-22-24-26-28-30-32-36-42(51)60-38-41(39-61-64(58,59)63-49-47(56)45(54)44(53)46(55)48(49)57)62-43(52)37-33-35-40(50)34-31-29-27-25-23-21-16-14-12-10-8-6-4-2/h5,7,11,13,17-18,20-23,27,29,31,34,40-41,44-50,53-57H,3-4,6,8-10,12,14-16,19,24-26,28,30,32-33,35-39H2,1-2H3,(H,58,59)/b7-5-,13-11-,18-17-,22-20-,23-21+,29-27+,34-31+/t40?,41-,44?,45-,46+,47-,48-,49?/m1/s1. The minimum Gasteiger partial charge on any atom is -0.462 e. The molecule has 0 radical (unpaired) electrons. The van der Waals surface area contributed by atoms with Crippen molar-refractivity contribution >= 4 is 19.8 Å². The van der Waals surface area contributed by atoms with E-state index in [1.807, 2.05) is 12.2 Å². The van der Waals surface area contributed by atoms with Gasteiger partial charge in [-0.05, 0) is 77.0 Å². The van der Waals surface area contributed by atoms with E-state index in [1.54, 1.807) is 12.2 Å². The van der Waals surface area contributed by atoms with Gasteiger partial charge >= 0.3 is 19.8 Å². The van der Waals surface area contributed by atoms with E-state index in [2.05, 4.69) is 74.6 Å². The van der Waals surface area contributed by atoms with Crippen LogP contribution in [0.25, 0.3) is 0 Å². The molecule has 0 aromatic rings. The highest BCUT2D eigenvalue weighted by molar-refractivity contribution is 7.47. The molecule has 1 aliphatic rings. The third-order valence-electron chi connectivity index (χ3n) is 10.3. The largest absolute Gasteiger partial charge is 0.472 e. The molecule has 15 heteroatoms. The van der Waals surface area contributed by atoms with Crippen LogP contribution in [0.2, 0.25) is 0 Å². The van der Waals surface area contributed by atoms with Gasteiger partial charge in [0.15, 0.2) is 6.10 Å². The van der Waals surface area contributed by atoms with Crippen molar-refractivity contribution < 1.29 is 68.2 Å². The van der Waals surface area contributed by atoms with E-state index in [9.17, 15) is 49.7 Å². The normalized spacial score (nSPS) is 22.8. The summed E-state index contributed by atoms with van der Waals surface area (Å²) >= 11 is 0. The summed E-state index contributed by atoms with van der Waals surface area (Å²) in [5.74, 6) is -1.33. The van der Waals surface area contributed by atoms with Crippen molar-refractivity contribution in [2.75, 3.05) is 13.2 Å². The van der Waals surface area contributed by atoms with E-state index in [0.717, 1.165) is 64.2 Å². The summed E-state index contributed by atoms with van der Waals surface area (Å²) in [5.41, 5.74) is 0. The van der Waals surface area contributed by atoms with Gasteiger partial charge in [0, 0.05) is 12.8 Å². The average Bonchev–Trinajstić information content (AvgIpc) is 3.27. The molecular formula is C49H81O14P. The van der Waals surface area contributed by atoms with Gasteiger partial charge in [-0.3, -0.25) is 18.6 Å². The Hall–Kier alpha value is -3.01. The average molecular weight is 925 g/mol. The molecule has 1 fully saturated rings. The number of hydrogen-bond donors (Lipinski definition) is 7. The third-order valence-corrected chi connectivity index (χ3v) is 11.3. The second kappa shape index (κ2) is 38.1. The number of hydrogen-bond acceptors (Lipinski definition) is 13. The fraction of sp³-hybridized carbons (Fsp3) is 0.673. The number of ether oxygens (including phenoxy) is 2. The van der Waals surface area contributed by atoms with E-state index in [1.165, 1.54) is 38.5 Å². The summed E-state index contributed by atoms with van der Waals surface area (Å²) in [6.45, 7) is 2.99. The SMILES string of the molecule is CC/C=C\C/C=C\C/C=C\C/C=C\CCCCCCC(=O)OC[C@H](COP(=O)(O)OC1[C@H](O)[C@H](O)C(O)[C@H](O)[C@H]1O)OC(=O)CCCC(O)/C=C/C=C/C/C=C/CCCCCCCC. The smallest absolute Gasteiger partial charge is 0.462 e. The molecule has 9 atom stereocenters. The van der Waals surface area contributed by atoms with Gasteiger partial charge in [-0.2, -0.15) is 0 Å². The number of phosphoric acid groups is 1. The lowest BCUT2D eigenvalue weighted by Crippen LogP contribution is -2.64. The van der Waals surface area contributed by atoms with Crippen molar-refractivity contribution in [3.63, 3.8) is 0 Å². The Morgan fingerprint density at radius 1 is 0.578 bits per heavy atom. The molecule has 0 aliphatic heterocycles. The second-order valence-electron chi connectivity index (χ2n) is 16.1. The first-order valence-corrected chi connectivity index (χ1v) is 25.0. The van der Waals surface area contributed by atoms with Crippen LogP contribution >= 0.6 is 7.82 Å². The summed E-state index contributed by atoms with van der Waals surface area (Å²) in [6, 6.07) is 0. The first kappa shape index (κ1) is 59.0. The number of esters is 2. The van der Waals surface area contributed by atoms with Crippen LogP contribution in [0.4, 0.5) is 0 Å². The summed E-state index contributed by atoms with van der Waals surface area (Å²) in [7, 11) is -5.18. The molecule has 1 saturated carbocycles. The van der Waals surface area contributed by atoms with Crippen molar-refractivity contribution in [2.24, 2.45) is 0 Å². The molecule has 14 nitrogen and oxygen atoms in total. The Morgan fingerprint density at radius 3 is 1.67 bits per heavy atom. The van der Waals surface area contributed by atoms with Crippen LogP contribution in [0, 0.1) is 0 Å². The highest BCUT2D eigenvalue weighted by Gasteiger charge is 2.51. The van der Waals surface area contributed by atoms with Crippen molar-refractivity contribution in [1.82, 2.24) is 0 Å². The van der Waals surface area contributed by atoms with Crippen LogP contribution in [0.1, 0.15) is 149 Å². The molecule has 0 aromatic heterocycles. The molecule has 366 valence electrons. The third kappa shape index (κ3) is 30.2. The molecular weight excluding hydrogens is 843 g/mol. The molecule has 0 bridgehead atoms. The quantitative estimate of drug-likeness (QED) is 0.0102. The van der Waals surface area contributed by atoms with Crippen LogP contribution in [-0.4, -0.2) is 110 Å². The summed E-state index contributed by atoms with van der Waals surface area (Å²) in [6.07, 6.45) is 32.2. The highest BCUT2D eigenvalue weighted by Crippen LogP contribution is 2.47. The summed E-state index contributed by atoms with van der Waals surface area (Å²) in [5, 5.41) is 60.5. The van der Waals surface area contributed by atoms with E-state index < -0.39 is 81.8 Å². The number of carbonyl (C=O) groups is 2. The minimum absolute atomic E-state index is 0.0949. The zero-order chi connectivity index (χ0) is 47.3. The number of aliphatic hydroxyl groups excluding tert-OH is 6. The van der Waals surface area contributed by atoms with Gasteiger partial charge in [-0.15, -0.1) is 0 Å². The van der Waals surface area contributed by atoms with Gasteiger partial charge in [0.1, 0.15) is 43.2 Å². The Labute approximate surface area is 382 Å². The maximum atomic E-state index is 12.8. The van der Waals surface area contributed by atoms with Gasteiger partial charge in [-0.1, -0.05) is 144 Å². The zero-order valence-electron chi connectivity index (χ0n) is 38.4. The predicted molar refractivity (Wildman–Crippen MR) is 250 cm³/mol. The summed E-state index contributed by atoms with van der Waals surface area (Å²) in [4.78, 5) is 35.7. The second-order valence-corrected chi connectivity index (χ2v) is 17.5. The van der Waals surface area contributed by atoms with Crippen molar-refractivity contribution in [1.29, 1.82) is 0 Å². The number of allylic oxidation sites excluding steroid dienone is 13. The molecule has 0 heterocycles. The molecule has 0 aromatic carbocycles. The van der Waals surface area contributed by atoms with Crippen LogP contribution in [0.15, 0.2) is 85.1 Å². The van der Waals surface area contributed by atoms with E-state index in [-0.39, 0.29) is 25.7 Å². The molecule has 1 rings (SSSR count). The lowest BCUT2D eigenvalue weighted by Gasteiger charge is -2.41. The highest BCUT2D eigenvalue weighted by atomic mass is 31.2. The Balaban J connectivity index is 2.57. The maximum absolute atomic E-state index is 12.8. The van der Waals surface area contributed by atoms with E-state index in [4.69, 9.17) is 18.5 Å². The van der Waals surface area contributed by atoms with Crippen LogP contribution in [-0.2, 0) is 32.7 Å². The lowest BCUT2D eigenvalue weighted by molar-refractivity contribution is -0.220. The summed E-state index contributed by atoms with van der Waals surface area (Å²) < 4.78 is 33.4. The van der Waals surface area contributed by atoms with Gasteiger partial charge in [0.2, 0.25) is 0 Å². The minimum atomic E-state index is -5.18. The zero-order valence-corrected chi connectivity index (χ0v) is 39.3. The molecule has 0 saturated heterocycles.